The lowest BCUT2D eigenvalue weighted by molar-refractivity contribution is 0.415. The lowest BCUT2D eigenvalue weighted by atomic mass is 9.90. The minimum atomic E-state index is -1.06. The molecule has 0 radical (unpaired) electrons. The summed E-state index contributed by atoms with van der Waals surface area (Å²) in [6, 6.07) is 24.6. The van der Waals surface area contributed by atoms with E-state index in [-0.39, 0.29) is 5.75 Å². The van der Waals surface area contributed by atoms with Gasteiger partial charge in [0.25, 0.3) is 0 Å². The Morgan fingerprint density at radius 1 is 0.889 bits per heavy atom. The van der Waals surface area contributed by atoms with Crippen molar-refractivity contribution < 1.29 is 9.84 Å². The SMILES string of the molecule is COc1ccc(C2=NC(c3ccccc3)(c3ccccc3O)N=CN2)cc1. The number of nitrogens with zero attached hydrogens (tertiary/aromatic N) is 2. The highest BCUT2D eigenvalue weighted by atomic mass is 16.5. The molecule has 1 atom stereocenters. The predicted molar refractivity (Wildman–Crippen MR) is 106 cm³/mol. The fraction of sp³-hybridized carbons (Fsp3) is 0.0909. The van der Waals surface area contributed by atoms with Gasteiger partial charge in [0.2, 0.25) is 5.66 Å². The molecule has 1 heterocycles. The van der Waals surface area contributed by atoms with Crippen LogP contribution >= 0.6 is 0 Å². The van der Waals surface area contributed by atoms with Crippen LogP contribution in [0.15, 0.2) is 88.8 Å². The Morgan fingerprint density at radius 2 is 1.59 bits per heavy atom. The van der Waals surface area contributed by atoms with Crippen LogP contribution in [0.2, 0.25) is 0 Å². The molecule has 0 fully saturated rings. The summed E-state index contributed by atoms with van der Waals surface area (Å²) in [6.07, 6.45) is 1.63. The molecule has 1 unspecified atom stereocenters. The lowest BCUT2D eigenvalue weighted by Gasteiger charge is -2.31. The molecule has 3 aromatic rings. The standard InChI is InChI=1S/C22H19N3O2/c1-27-18-13-11-16(12-14-18)21-23-15-24-22(25-21,17-7-3-2-4-8-17)19-9-5-6-10-20(19)26/h2-15,26H,1H3,(H,23,24,25). The summed E-state index contributed by atoms with van der Waals surface area (Å²) in [6.45, 7) is 0. The van der Waals surface area contributed by atoms with Crippen LogP contribution in [0.1, 0.15) is 16.7 Å². The summed E-state index contributed by atoms with van der Waals surface area (Å²) in [5.41, 5.74) is 1.33. The van der Waals surface area contributed by atoms with Crippen LogP contribution < -0.4 is 10.1 Å². The molecule has 134 valence electrons. The zero-order valence-corrected chi connectivity index (χ0v) is 14.8. The van der Waals surface area contributed by atoms with E-state index < -0.39 is 5.66 Å². The Morgan fingerprint density at radius 3 is 2.30 bits per heavy atom. The van der Waals surface area contributed by atoms with Crippen molar-refractivity contribution in [2.45, 2.75) is 5.66 Å². The monoisotopic (exact) mass is 357 g/mol. The molecule has 27 heavy (non-hydrogen) atoms. The van der Waals surface area contributed by atoms with Crippen LogP contribution in [-0.4, -0.2) is 24.4 Å². The number of benzene rings is 3. The molecule has 0 amide bonds. The van der Waals surface area contributed by atoms with E-state index >= 15 is 0 Å². The molecule has 0 saturated carbocycles. The van der Waals surface area contributed by atoms with Gasteiger partial charge in [-0.05, 0) is 30.3 Å². The van der Waals surface area contributed by atoms with E-state index in [1.165, 1.54) is 0 Å². The Bertz CT molecular complexity index is 998. The van der Waals surface area contributed by atoms with E-state index in [9.17, 15) is 5.11 Å². The van der Waals surface area contributed by atoms with Crippen molar-refractivity contribution >= 4 is 12.2 Å². The summed E-state index contributed by atoms with van der Waals surface area (Å²) in [5.74, 6) is 1.59. The number of aliphatic imine (C=N–C) groups is 2. The number of para-hydroxylation sites is 1. The minimum absolute atomic E-state index is 0.151. The number of rotatable bonds is 4. The molecule has 0 aliphatic carbocycles. The zero-order valence-electron chi connectivity index (χ0n) is 14.8. The zero-order chi connectivity index (χ0) is 18.7. The first-order valence-corrected chi connectivity index (χ1v) is 8.61. The Balaban J connectivity index is 1.90. The average molecular weight is 357 g/mol. The summed E-state index contributed by atoms with van der Waals surface area (Å²) in [4.78, 5) is 9.61. The summed E-state index contributed by atoms with van der Waals surface area (Å²) in [5, 5.41) is 13.7. The fourth-order valence-corrected chi connectivity index (χ4v) is 3.17. The number of phenolic OH excluding ortho intramolecular Hbond substituents is 1. The van der Waals surface area contributed by atoms with Gasteiger partial charge in [-0.3, -0.25) is 0 Å². The van der Waals surface area contributed by atoms with E-state index in [0.717, 1.165) is 16.9 Å². The molecule has 2 N–H and O–H groups in total. The number of nitrogens with one attached hydrogen (secondary N) is 1. The maximum absolute atomic E-state index is 10.5. The van der Waals surface area contributed by atoms with Crippen molar-refractivity contribution in [1.82, 2.24) is 5.32 Å². The van der Waals surface area contributed by atoms with Gasteiger partial charge in [0.15, 0.2) is 0 Å². The van der Waals surface area contributed by atoms with E-state index in [1.54, 1.807) is 25.6 Å². The Labute approximate surface area is 157 Å². The number of hydrogen-bond acceptors (Lipinski definition) is 5. The maximum Gasteiger partial charge on any atom is 0.208 e. The van der Waals surface area contributed by atoms with Gasteiger partial charge in [-0.15, -0.1) is 0 Å². The van der Waals surface area contributed by atoms with Gasteiger partial charge in [0.1, 0.15) is 17.3 Å². The Kier molecular flexibility index (Phi) is 4.34. The number of methoxy groups -OCH3 is 1. The highest BCUT2D eigenvalue weighted by Gasteiger charge is 2.37. The molecule has 4 rings (SSSR count). The van der Waals surface area contributed by atoms with Crippen molar-refractivity contribution in [1.29, 1.82) is 0 Å². The van der Waals surface area contributed by atoms with Crippen LogP contribution in [0.4, 0.5) is 0 Å². The van der Waals surface area contributed by atoms with Gasteiger partial charge in [-0.1, -0.05) is 48.5 Å². The van der Waals surface area contributed by atoms with Gasteiger partial charge >= 0.3 is 0 Å². The normalized spacial score (nSPS) is 18.5. The molecule has 0 saturated heterocycles. The first-order valence-electron chi connectivity index (χ1n) is 8.61. The first-order chi connectivity index (χ1) is 13.2. The topological polar surface area (TPSA) is 66.2 Å². The molecule has 0 bridgehead atoms. The number of aromatic hydroxyl groups is 1. The second kappa shape index (κ2) is 6.96. The average Bonchev–Trinajstić information content (AvgIpc) is 2.75. The quantitative estimate of drug-likeness (QED) is 0.748. The smallest absolute Gasteiger partial charge is 0.208 e. The second-order valence-corrected chi connectivity index (χ2v) is 6.15. The number of hydrogen-bond donors (Lipinski definition) is 2. The largest absolute Gasteiger partial charge is 0.507 e. The molecule has 1 aliphatic rings. The third-order valence-corrected chi connectivity index (χ3v) is 4.55. The number of ether oxygens (including phenoxy) is 1. The van der Waals surface area contributed by atoms with Gasteiger partial charge in [-0.25, -0.2) is 9.98 Å². The molecular formula is C22H19N3O2. The van der Waals surface area contributed by atoms with Crippen molar-refractivity contribution in [2.75, 3.05) is 7.11 Å². The van der Waals surface area contributed by atoms with E-state index in [4.69, 9.17) is 9.73 Å². The molecular weight excluding hydrogens is 338 g/mol. The highest BCUT2D eigenvalue weighted by Crippen LogP contribution is 2.40. The van der Waals surface area contributed by atoms with Crippen molar-refractivity contribution in [3.05, 3.63) is 95.6 Å². The number of phenols is 1. The van der Waals surface area contributed by atoms with E-state index in [1.807, 2.05) is 66.7 Å². The van der Waals surface area contributed by atoms with Gasteiger partial charge < -0.3 is 15.2 Å². The van der Waals surface area contributed by atoms with Gasteiger partial charge in [0.05, 0.1) is 13.4 Å². The van der Waals surface area contributed by atoms with Crippen LogP contribution in [0.25, 0.3) is 0 Å². The third kappa shape index (κ3) is 3.04. The van der Waals surface area contributed by atoms with Crippen LogP contribution in [0.5, 0.6) is 11.5 Å². The van der Waals surface area contributed by atoms with Crippen LogP contribution in [-0.2, 0) is 5.66 Å². The summed E-state index contributed by atoms with van der Waals surface area (Å²) < 4.78 is 5.23. The minimum Gasteiger partial charge on any atom is -0.507 e. The highest BCUT2D eigenvalue weighted by molar-refractivity contribution is 6.06. The number of amidine groups is 1. The fourth-order valence-electron chi connectivity index (χ4n) is 3.17. The van der Waals surface area contributed by atoms with Gasteiger partial charge in [0, 0.05) is 16.7 Å². The van der Waals surface area contributed by atoms with Gasteiger partial charge in [-0.2, -0.15) is 0 Å². The van der Waals surface area contributed by atoms with Crippen LogP contribution in [0.3, 0.4) is 0 Å². The second-order valence-electron chi connectivity index (χ2n) is 6.15. The molecule has 5 heteroatoms. The molecule has 1 aliphatic heterocycles. The van der Waals surface area contributed by atoms with E-state index in [2.05, 4.69) is 10.3 Å². The predicted octanol–water partition coefficient (Wildman–Crippen LogP) is 3.68. The molecule has 0 aromatic heterocycles. The maximum atomic E-state index is 10.5. The lowest BCUT2D eigenvalue weighted by Crippen LogP contribution is -2.36. The summed E-state index contributed by atoms with van der Waals surface area (Å²) in [7, 11) is 1.64. The Hall–Kier alpha value is -3.60. The van der Waals surface area contributed by atoms with E-state index in [0.29, 0.717) is 11.4 Å². The molecule has 3 aromatic carbocycles. The third-order valence-electron chi connectivity index (χ3n) is 4.55. The van der Waals surface area contributed by atoms with Crippen molar-refractivity contribution in [2.24, 2.45) is 9.98 Å². The van der Waals surface area contributed by atoms with Crippen molar-refractivity contribution in [3.8, 4) is 11.5 Å². The van der Waals surface area contributed by atoms with Crippen molar-refractivity contribution in [3.63, 3.8) is 0 Å². The summed E-state index contributed by atoms with van der Waals surface area (Å²) >= 11 is 0. The first kappa shape index (κ1) is 16.8. The molecule has 0 spiro atoms. The van der Waals surface area contributed by atoms with Crippen LogP contribution in [0, 0.1) is 0 Å². The molecule has 5 nitrogen and oxygen atoms in total.